The molecule has 0 aromatic heterocycles. The number of hydrogen-bond donors (Lipinski definition) is 3. The predicted molar refractivity (Wildman–Crippen MR) is 103 cm³/mol. The highest BCUT2D eigenvalue weighted by Crippen LogP contribution is 2.26. The van der Waals surface area contributed by atoms with E-state index in [0.29, 0.717) is 5.69 Å². The van der Waals surface area contributed by atoms with Gasteiger partial charge in [0.2, 0.25) is 5.91 Å². The summed E-state index contributed by atoms with van der Waals surface area (Å²) in [6, 6.07) is 9.50. The number of anilines is 2. The van der Waals surface area contributed by atoms with Crippen LogP contribution in [0.5, 0.6) is 0 Å². The van der Waals surface area contributed by atoms with E-state index in [1.54, 1.807) is 0 Å². The maximum Gasteiger partial charge on any atom is 0.335 e. The number of rotatable bonds is 5. The van der Waals surface area contributed by atoms with Gasteiger partial charge in [-0.05, 0) is 49.2 Å². The van der Waals surface area contributed by atoms with Gasteiger partial charge in [0.1, 0.15) is 5.82 Å². The van der Waals surface area contributed by atoms with Gasteiger partial charge in [-0.15, -0.1) is 0 Å². The summed E-state index contributed by atoms with van der Waals surface area (Å²) < 4.78 is 14.1. The van der Waals surface area contributed by atoms with Crippen molar-refractivity contribution in [2.75, 3.05) is 10.6 Å². The second kappa shape index (κ2) is 8.65. The molecule has 0 heterocycles. The largest absolute Gasteiger partial charge is 0.478 e. The minimum Gasteiger partial charge on any atom is -0.478 e. The molecule has 0 radical (unpaired) electrons. The van der Waals surface area contributed by atoms with Crippen LogP contribution in [0.1, 0.15) is 52.8 Å². The van der Waals surface area contributed by atoms with Crippen LogP contribution in [0.15, 0.2) is 42.5 Å². The molecule has 3 N–H and O–H groups in total. The van der Waals surface area contributed by atoms with Gasteiger partial charge in [0.05, 0.1) is 11.3 Å². The smallest absolute Gasteiger partial charge is 0.335 e. The molecule has 28 heavy (non-hydrogen) atoms. The van der Waals surface area contributed by atoms with E-state index in [1.807, 2.05) is 0 Å². The Kier molecular flexibility index (Phi) is 6.03. The quantitative estimate of drug-likeness (QED) is 0.716. The second-order valence-electron chi connectivity index (χ2n) is 6.86. The van der Waals surface area contributed by atoms with Crippen molar-refractivity contribution in [1.29, 1.82) is 0 Å². The summed E-state index contributed by atoms with van der Waals surface area (Å²) in [6.45, 7) is 0. The van der Waals surface area contributed by atoms with Crippen molar-refractivity contribution in [3.05, 3.63) is 59.4 Å². The van der Waals surface area contributed by atoms with Gasteiger partial charge >= 0.3 is 5.97 Å². The lowest BCUT2D eigenvalue weighted by atomic mass is 9.88. The number of amides is 2. The molecule has 2 aromatic carbocycles. The molecule has 1 fully saturated rings. The lowest BCUT2D eigenvalue weighted by Crippen LogP contribution is -2.25. The van der Waals surface area contributed by atoms with Gasteiger partial charge in [0.25, 0.3) is 5.91 Å². The van der Waals surface area contributed by atoms with Crippen LogP contribution < -0.4 is 10.6 Å². The Morgan fingerprint density at radius 2 is 1.64 bits per heavy atom. The molecule has 1 aliphatic carbocycles. The molecule has 146 valence electrons. The Morgan fingerprint density at radius 3 is 2.36 bits per heavy atom. The summed E-state index contributed by atoms with van der Waals surface area (Å²) in [5.41, 5.74) is 0.461. The normalized spacial score (nSPS) is 14.3. The van der Waals surface area contributed by atoms with Crippen molar-refractivity contribution >= 4 is 29.2 Å². The SMILES string of the molecule is O=C(O)c1cccc(C(=O)Nc2ccc(F)c(NC(=O)C3CCCCC3)c2)c1. The Hall–Kier alpha value is -3.22. The topological polar surface area (TPSA) is 95.5 Å². The highest BCUT2D eigenvalue weighted by molar-refractivity contribution is 6.06. The number of aromatic carboxylic acids is 1. The first-order valence-corrected chi connectivity index (χ1v) is 9.19. The van der Waals surface area contributed by atoms with E-state index >= 15 is 0 Å². The summed E-state index contributed by atoms with van der Waals surface area (Å²) in [6.07, 6.45) is 4.69. The summed E-state index contributed by atoms with van der Waals surface area (Å²) in [5, 5.41) is 14.2. The van der Waals surface area contributed by atoms with E-state index in [1.165, 1.54) is 42.5 Å². The molecule has 1 aliphatic rings. The molecule has 0 saturated heterocycles. The van der Waals surface area contributed by atoms with Crippen LogP contribution in [-0.4, -0.2) is 22.9 Å². The number of halogens is 1. The van der Waals surface area contributed by atoms with Crippen molar-refractivity contribution in [2.24, 2.45) is 5.92 Å². The van der Waals surface area contributed by atoms with Crippen molar-refractivity contribution in [3.8, 4) is 0 Å². The first kappa shape index (κ1) is 19.5. The average molecular weight is 384 g/mol. The molecule has 6 nitrogen and oxygen atoms in total. The number of carboxylic acid groups (broad SMARTS) is 1. The third kappa shape index (κ3) is 4.73. The van der Waals surface area contributed by atoms with Gasteiger partial charge in [-0.25, -0.2) is 9.18 Å². The lowest BCUT2D eigenvalue weighted by Gasteiger charge is -2.21. The zero-order chi connectivity index (χ0) is 20.1. The van der Waals surface area contributed by atoms with Gasteiger partial charge in [0, 0.05) is 17.2 Å². The van der Waals surface area contributed by atoms with E-state index in [9.17, 15) is 18.8 Å². The molecule has 2 amide bonds. The van der Waals surface area contributed by atoms with Crippen molar-refractivity contribution in [3.63, 3.8) is 0 Å². The molecular weight excluding hydrogens is 363 g/mol. The predicted octanol–water partition coefficient (Wildman–Crippen LogP) is 4.30. The molecule has 2 aromatic rings. The zero-order valence-corrected chi connectivity index (χ0v) is 15.2. The van der Waals surface area contributed by atoms with Crippen LogP contribution >= 0.6 is 0 Å². The van der Waals surface area contributed by atoms with E-state index < -0.39 is 17.7 Å². The minimum absolute atomic E-state index is 0.00709. The van der Waals surface area contributed by atoms with Crippen LogP contribution in [0, 0.1) is 11.7 Å². The van der Waals surface area contributed by atoms with Gasteiger partial charge in [-0.1, -0.05) is 25.3 Å². The van der Waals surface area contributed by atoms with Crippen LogP contribution in [0.3, 0.4) is 0 Å². The molecule has 0 spiro atoms. The van der Waals surface area contributed by atoms with Crippen LogP contribution in [0.4, 0.5) is 15.8 Å². The van der Waals surface area contributed by atoms with Gasteiger partial charge in [0.15, 0.2) is 0 Å². The maximum absolute atomic E-state index is 14.1. The Labute approximate surface area is 161 Å². The van der Waals surface area contributed by atoms with E-state index in [2.05, 4.69) is 10.6 Å². The fourth-order valence-electron chi connectivity index (χ4n) is 3.30. The summed E-state index contributed by atoms with van der Waals surface area (Å²) in [4.78, 5) is 35.8. The van der Waals surface area contributed by atoms with Crippen molar-refractivity contribution in [2.45, 2.75) is 32.1 Å². The molecular formula is C21H21FN2O4. The lowest BCUT2D eigenvalue weighted by molar-refractivity contribution is -0.120. The van der Waals surface area contributed by atoms with Crippen LogP contribution in [-0.2, 0) is 4.79 Å². The maximum atomic E-state index is 14.1. The second-order valence-corrected chi connectivity index (χ2v) is 6.86. The summed E-state index contributed by atoms with van der Waals surface area (Å²) in [5.74, 6) is -2.58. The highest BCUT2D eigenvalue weighted by atomic mass is 19.1. The summed E-state index contributed by atoms with van der Waals surface area (Å²) in [7, 11) is 0. The molecule has 0 bridgehead atoms. The molecule has 0 unspecified atom stereocenters. The standard InChI is InChI=1S/C21H21FN2O4/c22-17-10-9-16(12-18(17)24-19(25)13-5-2-1-3-6-13)23-20(26)14-7-4-8-15(11-14)21(27)28/h4,7-13H,1-3,5-6H2,(H,23,26)(H,24,25)(H,27,28). The Balaban J connectivity index is 1.72. The fraction of sp³-hybridized carbons (Fsp3) is 0.286. The number of carboxylic acids is 1. The molecule has 7 heteroatoms. The number of carbonyl (C=O) groups excluding carboxylic acids is 2. The number of benzene rings is 2. The molecule has 0 aliphatic heterocycles. The Morgan fingerprint density at radius 1 is 0.929 bits per heavy atom. The highest BCUT2D eigenvalue weighted by Gasteiger charge is 2.22. The zero-order valence-electron chi connectivity index (χ0n) is 15.2. The van der Waals surface area contributed by atoms with E-state index in [-0.39, 0.29) is 28.6 Å². The third-order valence-corrected chi connectivity index (χ3v) is 4.83. The van der Waals surface area contributed by atoms with Crippen LogP contribution in [0.25, 0.3) is 0 Å². The van der Waals surface area contributed by atoms with E-state index in [4.69, 9.17) is 5.11 Å². The first-order valence-electron chi connectivity index (χ1n) is 9.19. The first-order chi connectivity index (χ1) is 13.4. The van der Waals surface area contributed by atoms with Crippen molar-refractivity contribution < 1.29 is 23.9 Å². The fourth-order valence-corrected chi connectivity index (χ4v) is 3.30. The number of hydrogen-bond acceptors (Lipinski definition) is 3. The summed E-state index contributed by atoms with van der Waals surface area (Å²) >= 11 is 0. The van der Waals surface area contributed by atoms with Gasteiger partial charge in [-0.2, -0.15) is 0 Å². The molecule has 1 saturated carbocycles. The third-order valence-electron chi connectivity index (χ3n) is 4.83. The number of carbonyl (C=O) groups is 3. The van der Waals surface area contributed by atoms with Crippen LogP contribution in [0.2, 0.25) is 0 Å². The molecule has 0 atom stereocenters. The van der Waals surface area contributed by atoms with Gasteiger partial charge < -0.3 is 15.7 Å². The number of nitrogens with one attached hydrogen (secondary N) is 2. The average Bonchev–Trinajstić information content (AvgIpc) is 2.71. The van der Waals surface area contributed by atoms with Crippen molar-refractivity contribution in [1.82, 2.24) is 0 Å². The Bertz CT molecular complexity index is 907. The minimum atomic E-state index is -1.14. The van der Waals surface area contributed by atoms with E-state index in [0.717, 1.165) is 32.1 Å². The molecule has 3 rings (SSSR count). The van der Waals surface area contributed by atoms with Gasteiger partial charge in [-0.3, -0.25) is 9.59 Å². The monoisotopic (exact) mass is 384 g/mol.